The van der Waals surface area contributed by atoms with Crippen LogP contribution in [-0.2, 0) is 4.79 Å². The normalized spacial score (nSPS) is 22.0. The Morgan fingerprint density at radius 3 is 2.71 bits per heavy atom. The summed E-state index contributed by atoms with van der Waals surface area (Å²) in [7, 11) is 0. The molecule has 6 heteroatoms. The van der Waals surface area contributed by atoms with Gasteiger partial charge in [-0.15, -0.1) is 0 Å². The van der Waals surface area contributed by atoms with Gasteiger partial charge in [0.25, 0.3) is 0 Å². The van der Waals surface area contributed by atoms with Gasteiger partial charge < -0.3 is 20.6 Å². The number of rotatable bonds is 3. The number of carbonyl (C=O) groups is 1. The summed E-state index contributed by atoms with van der Waals surface area (Å²) in [6.07, 6.45) is 0.847. The van der Waals surface area contributed by atoms with E-state index in [9.17, 15) is 9.59 Å². The Morgan fingerprint density at radius 1 is 1.29 bits per heavy atom. The number of amides is 1. The van der Waals surface area contributed by atoms with E-state index >= 15 is 0 Å². The highest BCUT2D eigenvalue weighted by Crippen LogP contribution is 2.35. The number of aromatic nitrogens is 2. The third-order valence-electron chi connectivity index (χ3n) is 4.52. The Balaban J connectivity index is 1.86. The molecule has 4 N–H and O–H groups in total. The summed E-state index contributed by atoms with van der Waals surface area (Å²) >= 11 is 0. The van der Waals surface area contributed by atoms with Gasteiger partial charge in [0.1, 0.15) is 0 Å². The Kier molecular flexibility index (Phi) is 3.33. The van der Waals surface area contributed by atoms with Crippen molar-refractivity contribution in [2.24, 2.45) is 11.3 Å². The molecule has 0 bridgehead atoms. The van der Waals surface area contributed by atoms with Gasteiger partial charge in [-0.05, 0) is 37.1 Å². The largest absolute Gasteiger partial charge is 0.325 e. The fourth-order valence-corrected chi connectivity index (χ4v) is 3.03. The summed E-state index contributed by atoms with van der Waals surface area (Å²) in [6, 6.07) is 5.37. The van der Waals surface area contributed by atoms with E-state index in [-0.39, 0.29) is 22.9 Å². The molecule has 3 rings (SSSR count). The molecule has 0 saturated carbocycles. The second-order valence-electron chi connectivity index (χ2n) is 6.03. The van der Waals surface area contributed by atoms with E-state index in [1.807, 2.05) is 0 Å². The number of fused-ring (bicyclic) bond motifs is 1. The van der Waals surface area contributed by atoms with Crippen molar-refractivity contribution >= 4 is 22.6 Å². The van der Waals surface area contributed by atoms with Crippen molar-refractivity contribution in [2.75, 3.05) is 18.4 Å². The van der Waals surface area contributed by atoms with Crippen molar-refractivity contribution in [2.45, 2.75) is 20.3 Å². The first-order valence-corrected chi connectivity index (χ1v) is 7.25. The van der Waals surface area contributed by atoms with E-state index in [1.165, 1.54) is 0 Å². The molecule has 1 amide bonds. The van der Waals surface area contributed by atoms with Crippen molar-refractivity contribution in [1.82, 2.24) is 15.3 Å². The van der Waals surface area contributed by atoms with Crippen molar-refractivity contribution in [3.63, 3.8) is 0 Å². The summed E-state index contributed by atoms with van der Waals surface area (Å²) in [6.45, 7) is 5.74. The van der Waals surface area contributed by atoms with Crippen molar-refractivity contribution in [3.8, 4) is 0 Å². The van der Waals surface area contributed by atoms with Gasteiger partial charge in [-0.3, -0.25) is 4.79 Å². The average molecular weight is 288 g/mol. The number of carbonyl (C=O) groups excluding carboxylic acids is 1. The maximum atomic E-state index is 12.7. The molecule has 0 radical (unpaired) electrons. The number of imidazole rings is 1. The van der Waals surface area contributed by atoms with Crippen LogP contribution in [-0.4, -0.2) is 29.0 Å². The summed E-state index contributed by atoms with van der Waals surface area (Å²) in [5.41, 5.74) is 1.53. The van der Waals surface area contributed by atoms with Gasteiger partial charge in [-0.1, -0.05) is 13.8 Å². The standard InChI is InChI=1S/C15H20N4O2/c1-9(2)15(5-6-16-8-15)13(20)17-10-3-4-11-12(7-10)19-14(21)18-11/h3-4,7,9,16H,5-6,8H2,1-2H3,(H,17,20)(H2,18,19,21). The van der Waals surface area contributed by atoms with E-state index in [1.54, 1.807) is 18.2 Å². The lowest BCUT2D eigenvalue weighted by Crippen LogP contribution is -2.42. The van der Waals surface area contributed by atoms with Crippen LogP contribution in [0.25, 0.3) is 11.0 Å². The van der Waals surface area contributed by atoms with Crippen molar-refractivity contribution in [1.29, 1.82) is 0 Å². The maximum Gasteiger partial charge on any atom is 0.323 e. The van der Waals surface area contributed by atoms with E-state index in [0.717, 1.165) is 18.5 Å². The molecule has 1 saturated heterocycles. The number of nitrogens with one attached hydrogen (secondary N) is 4. The number of anilines is 1. The van der Waals surface area contributed by atoms with Gasteiger partial charge in [-0.25, -0.2) is 4.79 Å². The third-order valence-corrected chi connectivity index (χ3v) is 4.52. The quantitative estimate of drug-likeness (QED) is 0.689. The average Bonchev–Trinajstić information content (AvgIpc) is 3.04. The topological polar surface area (TPSA) is 89.8 Å². The lowest BCUT2D eigenvalue weighted by atomic mass is 9.75. The van der Waals surface area contributed by atoms with Gasteiger partial charge in [-0.2, -0.15) is 0 Å². The fourth-order valence-electron chi connectivity index (χ4n) is 3.03. The third kappa shape index (κ3) is 2.35. The van der Waals surface area contributed by atoms with E-state index < -0.39 is 0 Å². The summed E-state index contributed by atoms with van der Waals surface area (Å²) in [5.74, 6) is 0.308. The minimum atomic E-state index is -0.361. The highest BCUT2D eigenvalue weighted by Gasteiger charge is 2.43. The number of aromatic amines is 2. The van der Waals surface area contributed by atoms with Crippen LogP contribution in [0.1, 0.15) is 20.3 Å². The minimum absolute atomic E-state index is 0.0414. The van der Waals surface area contributed by atoms with Gasteiger partial charge in [0.2, 0.25) is 5.91 Å². The number of hydrogen-bond donors (Lipinski definition) is 4. The van der Waals surface area contributed by atoms with E-state index in [4.69, 9.17) is 0 Å². The SMILES string of the molecule is CC(C)C1(C(=O)Nc2ccc3[nH]c(=O)[nH]c3c2)CCNC1. The molecule has 1 aromatic heterocycles. The van der Waals surface area contributed by atoms with Crippen LogP contribution in [0, 0.1) is 11.3 Å². The molecule has 2 aromatic rings. The molecule has 0 spiro atoms. The maximum absolute atomic E-state index is 12.7. The molecule has 0 aliphatic carbocycles. The number of benzene rings is 1. The van der Waals surface area contributed by atoms with Crippen LogP contribution >= 0.6 is 0 Å². The van der Waals surface area contributed by atoms with Crippen LogP contribution < -0.4 is 16.3 Å². The molecule has 1 atom stereocenters. The molecular formula is C15H20N4O2. The Labute approximate surface area is 122 Å². The van der Waals surface area contributed by atoms with E-state index in [0.29, 0.717) is 17.7 Å². The molecule has 112 valence electrons. The first kappa shape index (κ1) is 13.9. The van der Waals surface area contributed by atoms with Gasteiger partial charge in [0, 0.05) is 12.2 Å². The highest BCUT2D eigenvalue weighted by molar-refractivity contribution is 5.97. The molecular weight excluding hydrogens is 268 g/mol. The van der Waals surface area contributed by atoms with E-state index in [2.05, 4.69) is 34.4 Å². The molecule has 1 aliphatic rings. The predicted molar refractivity (Wildman–Crippen MR) is 82.3 cm³/mol. The molecule has 1 aromatic carbocycles. The second-order valence-corrected chi connectivity index (χ2v) is 6.03. The molecule has 1 unspecified atom stereocenters. The highest BCUT2D eigenvalue weighted by atomic mass is 16.2. The molecule has 2 heterocycles. The zero-order chi connectivity index (χ0) is 15.0. The van der Waals surface area contributed by atoms with Crippen LogP contribution in [0.4, 0.5) is 5.69 Å². The Morgan fingerprint density at radius 2 is 2.05 bits per heavy atom. The van der Waals surface area contributed by atoms with Crippen LogP contribution in [0.5, 0.6) is 0 Å². The first-order chi connectivity index (χ1) is 10.0. The smallest absolute Gasteiger partial charge is 0.323 e. The molecule has 6 nitrogen and oxygen atoms in total. The van der Waals surface area contributed by atoms with Gasteiger partial charge in [0.15, 0.2) is 0 Å². The lowest BCUT2D eigenvalue weighted by Gasteiger charge is -2.31. The zero-order valence-corrected chi connectivity index (χ0v) is 12.2. The minimum Gasteiger partial charge on any atom is -0.325 e. The number of H-pyrrole nitrogens is 2. The van der Waals surface area contributed by atoms with Crippen molar-refractivity contribution in [3.05, 3.63) is 28.7 Å². The van der Waals surface area contributed by atoms with Gasteiger partial charge in [0.05, 0.1) is 16.4 Å². The predicted octanol–water partition coefficient (Wildman–Crippen LogP) is 1.43. The molecule has 21 heavy (non-hydrogen) atoms. The lowest BCUT2D eigenvalue weighted by molar-refractivity contribution is -0.126. The summed E-state index contributed by atoms with van der Waals surface area (Å²) in [4.78, 5) is 29.3. The van der Waals surface area contributed by atoms with Crippen molar-refractivity contribution < 1.29 is 4.79 Å². The Hall–Kier alpha value is -2.08. The first-order valence-electron chi connectivity index (χ1n) is 7.25. The molecule has 1 fully saturated rings. The fraction of sp³-hybridized carbons (Fsp3) is 0.467. The van der Waals surface area contributed by atoms with Crippen LogP contribution in [0.3, 0.4) is 0 Å². The monoisotopic (exact) mass is 288 g/mol. The summed E-state index contributed by atoms with van der Waals surface area (Å²) < 4.78 is 0. The van der Waals surface area contributed by atoms with Gasteiger partial charge >= 0.3 is 5.69 Å². The van der Waals surface area contributed by atoms with Crippen LogP contribution in [0.2, 0.25) is 0 Å². The van der Waals surface area contributed by atoms with Crippen LogP contribution in [0.15, 0.2) is 23.0 Å². The second kappa shape index (κ2) is 5.04. The Bertz CT molecular complexity index is 723. The number of hydrogen-bond acceptors (Lipinski definition) is 3. The zero-order valence-electron chi connectivity index (χ0n) is 12.2. The molecule has 1 aliphatic heterocycles. The summed E-state index contributed by atoms with van der Waals surface area (Å²) in [5, 5.41) is 6.27.